The van der Waals surface area contributed by atoms with Gasteiger partial charge in [0.25, 0.3) is 0 Å². The Morgan fingerprint density at radius 1 is 1.09 bits per heavy atom. The van der Waals surface area contributed by atoms with E-state index in [0.29, 0.717) is 12.5 Å². The molecule has 2 aromatic carbocycles. The number of amides is 1. The van der Waals surface area contributed by atoms with Crippen LogP contribution in [0.1, 0.15) is 47.3 Å². The Hall–Kier alpha value is -3.45. The number of carbonyl (C=O) groups excluding carboxylic acids is 1. The molecule has 0 unspecified atom stereocenters. The highest BCUT2D eigenvalue weighted by Crippen LogP contribution is 2.37. The highest BCUT2D eigenvalue weighted by atomic mass is 16.5. The van der Waals surface area contributed by atoms with Crippen molar-refractivity contribution in [2.45, 2.75) is 38.6 Å². The minimum absolute atomic E-state index is 0.218. The van der Waals surface area contributed by atoms with Crippen molar-refractivity contribution in [1.82, 2.24) is 20.1 Å². The minimum Gasteiger partial charge on any atom is -0.491 e. The van der Waals surface area contributed by atoms with Crippen LogP contribution in [-0.4, -0.2) is 40.6 Å². The third kappa shape index (κ3) is 3.35. The van der Waals surface area contributed by atoms with E-state index in [1.54, 1.807) is 0 Å². The number of benzene rings is 2. The Kier molecular flexibility index (Phi) is 4.80. The molecule has 6 rings (SSSR count). The van der Waals surface area contributed by atoms with Crippen LogP contribution in [-0.2, 0) is 4.74 Å². The van der Waals surface area contributed by atoms with E-state index in [2.05, 4.69) is 28.6 Å². The van der Waals surface area contributed by atoms with Gasteiger partial charge >= 0.3 is 6.03 Å². The molecule has 2 aliphatic rings. The Labute approximate surface area is 191 Å². The predicted octanol–water partition coefficient (Wildman–Crippen LogP) is 4.79. The van der Waals surface area contributed by atoms with E-state index in [9.17, 15) is 4.79 Å². The number of carbonyl (C=O) groups is 1. The fourth-order valence-corrected chi connectivity index (χ4v) is 5.21. The zero-order valence-electron chi connectivity index (χ0n) is 18.8. The van der Waals surface area contributed by atoms with E-state index in [1.807, 2.05) is 38.1 Å². The third-order valence-electron chi connectivity index (χ3n) is 6.87. The maximum absolute atomic E-state index is 13.4. The van der Waals surface area contributed by atoms with Crippen molar-refractivity contribution in [2.75, 3.05) is 19.8 Å². The fourth-order valence-electron chi connectivity index (χ4n) is 5.21. The van der Waals surface area contributed by atoms with Gasteiger partial charge in [-0.15, -0.1) is 0 Å². The van der Waals surface area contributed by atoms with E-state index in [0.717, 1.165) is 70.6 Å². The highest BCUT2D eigenvalue weighted by Gasteiger charge is 2.29. The molecule has 168 valence electrons. The van der Waals surface area contributed by atoms with E-state index in [1.165, 1.54) is 10.2 Å². The Balaban J connectivity index is 1.32. The van der Waals surface area contributed by atoms with Crippen molar-refractivity contribution in [3.05, 3.63) is 65.0 Å². The molecule has 33 heavy (non-hydrogen) atoms. The molecule has 0 aliphatic carbocycles. The molecule has 0 bridgehead atoms. The minimum atomic E-state index is -0.265. The molecule has 1 atom stereocenters. The summed E-state index contributed by atoms with van der Waals surface area (Å²) in [5.41, 5.74) is 5.60. The van der Waals surface area contributed by atoms with Crippen molar-refractivity contribution in [2.24, 2.45) is 0 Å². The second-order valence-corrected chi connectivity index (χ2v) is 8.93. The topological polar surface area (TPSA) is 78.3 Å². The van der Waals surface area contributed by atoms with Crippen molar-refractivity contribution in [3.63, 3.8) is 0 Å². The predicted molar refractivity (Wildman–Crippen MR) is 126 cm³/mol. The summed E-state index contributed by atoms with van der Waals surface area (Å²) in [6.07, 6.45) is 2.07. The van der Waals surface area contributed by atoms with Gasteiger partial charge in [0.1, 0.15) is 12.4 Å². The van der Waals surface area contributed by atoms with Crippen LogP contribution >= 0.6 is 0 Å². The summed E-state index contributed by atoms with van der Waals surface area (Å²) in [7, 11) is 0. The molecule has 7 heteroatoms. The Morgan fingerprint density at radius 3 is 2.76 bits per heavy atom. The first-order valence-corrected chi connectivity index (χ1v) is 11.5. The summed E-state index contributed by atoms with van der Waals surface area (Å²) in [6, 6.07) is 13.8. The molecular weight excluding hydrogens is 416 g/mol. The maximum Gasteiger partial charge on any atom is 0.343 e. The number of hydrogen-bond donors (Lipinski definition) is 1. The summed E-state index contributed by atoms with van der Waals surface area (Å²) >= 11 is 0. The summed E-state index contributed by atoms with van der Waals surface area (Å²) in [5, 5.41) is 9.56. The third-order valence-corrected chi connectivity index (χ3v) is 6.87. The molecule has 4 heterocycles. The van der Waals surface area contributed by atoms with Gasteiger partial charge in [-0.3, -0.25) is 4.98 Å². The van der Waals surface area contributed by atoms with Gasteiger partial charge in [-0.2, -0.15) is 9.78 Å². The van der Waals surface area contributed by atoms with Gasteiger partial charge in [0.05, 0.1) is 22.8 Å². The quantitative estimate of drug-likeness (QED) is 0.483. The second-order valence-electron chi connectivity index (χ2n) is 8.93. The van der Waals surface area contributed by atoms with Crippen LogP contribution in [0, 0.1) is 13.8 Å². The first kappa shape index (κ1) is 20.2. The molecule has 1 N–H and O–H groups in total. The molecule has 7 nitrogen and oxygen atoms in total. The van der Waals surface area contributed by atoms with Gasteiger partial charge in [0.2, 0.25) is 0 Å². The van der Waals surface area contributed by atoms with Crippen LogP contribution in [0.2, 0.25) is 0 Å². The number of pyridine rings is 1. The Bertz CT molecular complexity index is 1390. The molecule has 1 fully saturated rings. The Morgan fingerprint density at radius 2 is 1.91 bits per heavy atom. The van der Waals surface area contributed by atoms with Crippen LogP contribution in [0.3, 0.4) is 0 Å². The van der Waals surface area contributed by atoms with Crippen LogP contribution < -0.4 is 10.1 Å². The molecule has 2 aromatic heterocycles. The number of hydrogen-bond acceptors (Lipinski definition) is 5. The van der Waals surface area contributed by atoms with Gasteiger partial charge in [0, 0.05) is 35.2 Å². The van der Waals surface area contributed by atoms with E-state index < -0.39 is 0 Å². The van der Waals surface area contributed by atoms with Gasteiger partial charge in [-0.1, -0.05) is 30.3 Å². The monoisotopic (exact) mass is 442 g/mol. The standard InChI is InChI=1S/C26H26N4O3/c1-15-24-16(2)29-30(25(24)20-5-3-4-6-21(20)27-15)26(31)28-22-14-33-23-13-18(7-8-19(22)23)17-9-11-32-12-10-17/h3-8,13,17,22H,9-12,14H2,1-2H3,(H,28,31)/t22-/m1/s1. The van der Waals surface area contributed by atoms with Crippen molar-refractivity contribution in [1.29, 1.82) is 0 Å². The fraction of sp³-hybridized carbons (Fsp3) is 0.346. The first-order chi connectivity index (χ1) is 16.1. The lowest BCUT2D eigenvalue weighted by molar-refractivity contribution is 0.0853. The van der Waals surface area contributed by atoms with Gasteiger partial charge in [0.15, 0.2) is 0 Å². The van der Waals surface area contributed by atoms with E-state index in [-0.39, 0.29) is 12.1 Å². The lowest BCUT2D eigenvalue weighted by atomic mass is 9.90. The molecule has 2 aliphatic heterocycles. The maximum atomic E-state index is 13.4. The molecule has 0 radical (unpaired) electrons. The molecule has 0 saturated carbocycles. The number of aromatic nitrogens is 3. The zero-order valence-corrected chi connectivity index (χ0v) is 18.8. The number of aryl methyl sites for hydroxylation is 2. The van der Waals surface area contributed by atoms with Crippen LogP contribution in [0.25, 0.3) is 21.8 Å². The van der Waals surface area contributed by atoms with Crippen molar-refractivity contribution >= 4 is 27.8 Å². The van der Waals surface area contributed by atoms with Crippen molar-refractivity contribution < 1.29 is 14.3 Å². The number of nitrogens with one attached hydrogen (secondary N) is 1. The molecular formula is C26H26N4O3. The van der Waals surface area contributed by atoms with Crippen LogP contribution in [0.15, 0.2) is 42.5 Å². The van der Waals surface area contributed by atoms with Gasteiger partial charge in [-0.25, -0.2) is 4.79 Å². The molecule has 4 aromatic rings. The normalized spacial score (nSPS) is 18.4. The lowest BCUT2D eigenvalue weighted by Crippen LogP contribution is -2.33. The molecule has 0 spiro atoms. The lowest BCUT2D eigenvalue weighted by Gasteiger charge is -2.22. The number of para-hydroxylation sites is 1. The van der Waals surface area contributed by atoms with Crippen LogP contribution in [0.4, 0.5) is 4.79 Å². The SMILES string of the molecule is Cc1nc2ccccc2c2c1c(C)nn2C(=O)N[C@@H]1COc2cc(C3CCOCC3)ccc21. The number of ether oxygens (including phenoxy) is 2. The number of rotatable bonds is 2. The zero-order chi connectivity index (χ0) is 22.5. The van der Waals surface area contributed by atoms with E-state index in [4.69, 9.17) is 14.5 Å². The summed E-state index contributed by atoms with van der Waals surface area (Å²) < 4.78 is 13.0. The second kappa shape index (κ2) is 7.85. The average Bonchev–Trinajstić information content (AvgIpc) is 3.41. The summed E-state index contributed by atoms with van der Waals surface area (Å²) in [4.78, 5) is 18.1. The first-order valence-electron chi connectivity index (χ1n) is 11.5. The van der Waals surface area contributed by atoms with Gasteiger partial charge in [-0.05, 0) is 50.3 Å². The van der Waals surface area contributed by atoms with E-state index >= 15 is 0 Å². The smallest absolute Gasteiger partial charge is 0.343 e. The number of fused-ring (bicyclic) bond motifs is 4. The molecule has 1 amide bonds. The largest absolute Gasteiger partial charge is 0.491 e. The van der Waals surface area contributed by atoms with Crippen molar-refractivity contribution in [3.8, 4) is 5.75 Å². The number of nitrogens with zero attached hydrogens (tertiary/aromatic N) is 3. The van der Waals surface area contributed by atoms with Gasteiger partial charge < -0.3 is 14.8 Å². The van der Waals surface area contributed by atoms with Crippen LogP contribution in [0.5, 0.6) is 5.75 Å². The summed E-state index contributed by atoms with van der Waals surface area (Å²) in [6.45, 7) is 5.91. The highest BCUT2D eigenvalue weighted by molar-refractivity contribution is 6.08. The summed E-state index contributed by atoms with van der Waals surface area (Å²) in [5.74, 6) is 1.36. The average molecular weight is 443 g/mol. The molecule has 1 saturated heterocycles.